The van der Waals surface area contributed by atoms with E-state index in [4.69, 9.17) is 11.6 Å². The predicted molar refractivity (Wildman–Crippen MR) is 137 cm³/mol. The summed E-state index contributed by atoms with van der Waals surface area (Å²) >= 11 is 7.96. The van der Waals surface area contributed by atoms with Gasteiger partial charge in [-0.3, -0.25) is 14.5 Å². The fourth-order valence-electron chi connectivity index (χ4n) is 5.84. The number of carbonyl (C=O) groups is 2. The summed E-state index contributed by atoms with van der Waals surface area (Å²) in [6, 6.07) is 10.3. The molecule has 5 nitrogen and oxygen atoms in total. The zero-order valence-corrected chi connectivity index (χ0v) is 21.3. The second-order valence-corrected chi connectivity index (χ2v) is 11.3. The molecule has 1 aromatic carbocycles. The Morgan fingerprint density at radius 1 is 0.882 bits per heavy atom. The number of hydrogen-bond donors (Lipinski definition) is 0. The Labute approximate surface area is 211 Å². The van der Waals surface area contributed by atoms with Gasteiger partial charge in [0.05, 0.1) is 12.6 Å². The average Bonchev–Trinajstić information content (AvgIpc) is 3.20. The van der Waals surface area contributed by atoms with E-state index >= 15 is 0 Å². The number of halogens is 1. The van der Waals surface area contributed by atoms with Gasteiger partial charge in [0.25, 0.3) is 0 Å². The van der Waals surface area contributed by atoms with Crippen molar-refractivity contribution < 1.29 is 9.59 Å². The molecule has 2 amide bonds. The van der Waals surface area contributed by atoms with Crippen LogP contribution in [-0.4, -0.2) is 65.8 Å². The van der Waals surface area contributed by atoms with Gasteiger partial charge in [-0.25, -0.2) is 0 Å². The van der Waals surface area contributed by atoms with Crippen LogP contribution in [0.4, 0.5) is 0 Å². The highest BCUT2D eigenvalue weighted by Crippen LogP contribution is 2.38. The van der Waals surface area contributed by atoms with Crippen LogP contribution < -0.4 is 0 Å². The molecule has 2 aliphatic heterocycles. The molecule has 1 atom stereocenters. The van der Waals surface area contributed by atoms with E-state index in [2.05, 4.69) is 28.5 Å². The van der Waals surface area contributed by atoms with Gasteiger partial charge in [-0.1, -0.05) is 43.0 Å². The Morgan fingerprint density at radius 2 is 1.62 bits per heavy atom. The number of amides is 2. The zero-order valence-electron chi connectivity index (χ0n) is 19.8. The Bertz CT molecular complexity index is 1000. The fraction of sp³-hybridized carbons (Fsp3) is 0.556. The number of thiophene rings is 1. The summed E-state index contributed by atoms with van der Waals surface area (Å²) in [5.41, 5.74) is 2.49. The van der Waals surface area contributed by atoms with Crippen LogP contribution in [0, 0.1) is 5.92 Å². The fourth-order valence-corrected chi connectivity index (χ4v) is 6.87. The van der Waals surface area contributed by atoms with Gasteiger partial charge in [0, 0.05) is 48.5 Å². The first-order chi connectivity index (χ1) is 16.6. The van der Waals surface area contributed by atoms with Crippen molar-refractivity contribution in [3.05, 3.63) is 56.7 Å². The second kappa shape index (κ2) is 10.8. The number of benzene rings is 1. The van der Waals surface area contributed by atoms with Crippen molar-refractivity contribution in [2.75, 3.05) is 39.3 Å². The molecule has 5 rings (SSSR count). The number of hydrogen-bond acceptors (Lipinski definition) is 4. The molecule has 2 aromatic rings. The molecule has 0 N–H and O–H groups in total. The van der Waals surface area contributed by atoms with Crippen LogP contribution in [0.15, 0.2) is 35.7 Å². The van der Waals surface area contributed by atoms with E-state index in [0.717, 1.165) is 50.3 Å². The summed E-state index contributed by atoms with van der Waals surface area (Å²) in [5.74, 6) is 0.687. The highest BCUT2D eigenvalue weighted by atomic mass is 35.5. The van der Waals surface area contributed by atoms with Crippen LogP contribution in [0.25, 0.3) is 0 Å². The molecule has 182 valence electrons. The molecule has 1 aliphatic carbocycles. The molecule has 7 heteroatoms. The molecule has 0 spiro atoms. The number of fused-ring (bicyclic) bond motifs is 1. The van der Waals surface area contributed by atoms with Gasteiger partial charge in [-0.15, -0.1) is 11.3 Å². The van der Waals surface area contributed by atoms with Crippen LogP contribution in [0.2, 0.25) is 5.02 Å². The standard InChI is InChI=1S/C27H34ClN3O2S/c28-22-9-7-20(8-10-22)26-23-12-18-34-24(23)11-15-31(26)19-25(32)29-13-4-14-30(17-16-29)27(33)21-5-2-1-3-6-21/h7-10,12,18,21,26H,1-6,11,13-17,19H2/t26-/m0/s1. The van der Waals surface area contributed by atoms with E-state index in [1.807, 2.05) is 33.3 Å². The lowest BCUT2D eigenvalue weighted by atomic mass is 9.88. The molecule has 3 aliphatic rings. The van der Waals surface area contributed by atoms with Crippen molar-refractivity contribution in [3.63, 3.8) is 0 Å². The minimum atomic E-state index is 0.0765. The number of carbonyl (C=O) groups excluding carboxylic acids is 2. The highest BCUT2D eigenvalue weighted by Gasteiger charge is 2.33. The first-order valence-electron chi connectivity index (χ1n) is 12.7. The summed E-state index contributed by atoms with van der Waals surface area (Å²) in [4.78, 5) is 34.2. The normalized spacial score (nSPS) is 22.3. The third-order valence-corrected chi connectivity index (χ3v) is 8.95. The summed E-state index contributed by atoms with van der Waals surface area (Å²) in [6.07, 6.45) is 7.50. The van der Waals surface area contributed by atoms with Crippen LogP contribution in [0.5, 0.6) is 0 Å². The van der Waals surface area contributed by atoms with Crippen molar-refractivity contribution in [2.24, 2.45) is 5.92 Å². The van der Waals surface area contributed by atoms with E-state index in [-0.39, 0.29) is 17.9 Å². The van der Waals surface area contributed by atoms with E-state index in [9.17, 15) is 9.59 Å². The second-order valence-electron chi connectivity index (χ2n) is 9.87. The van der Waals surface area contributed by atoms with Gasteiger partial charge in [-0.05, 0) is 60.4 Å². The van der Waals surface area contributed by atoms with E-state index < -0.39 is 0 Å². The van der Waals surface area contributed by atoms with Gasteiger partial charge >= 0.3 is 0 Å². The SMILES string of the molecule is O=C(CN1CCc2sccc2[C@@H]1c1ccc(Cl)cc1)N1CCCN(C(=O)C2CCCCC2)CC1. The Balaban J connectivity index is 1.25. The van der Waals surface area contributed by atoms with Crippen molar-refractivity contribution in [1.29, 1.82) is 0 Å². The summed E-state index contributed by atoms with van der Waals surface area (Å²) in [5, 5.41) is 2.88. The summed E-state index contributed by atoms with van der Waals surface area (Å²) in [7, 11) is 0. The maximum Gasteiger partial charge on any atom is 0.236 e. The minimum absolute atomic E-state index is 0.0765. The monoisotopic (exact) mass is 499 g/mol. The molecule has 2 fully saturated rings. The first kappa shape index (κ1) is 23.8. The van der Waals surface area contributed by atoms with E-state index in [1.54, 1.807) is 0 Å². The molecule has 0 bridgehead atoms. The van der Waals surface area contributed by atoms with Crippen molar-refractivity contribution >= 4 is 34.8 Å². The quantitative estimate of drug-likeness (QED) is 0.595. The lowest BCUT2D eigenvalue weighted by Crippen LogP contribution is -2.46. The largest absolute Gasteiger partial charge is 0.341 e. The van der Waals surface area contributed by atoms with Crippen LogP contribution in [0.3, 0.4) is 0 Å². The predicted octanol–water partition coefficient (Wildman–Crippen LogP) is 4.99. The summed E-state index contributed by atoms with van der Waals surface area (Å²) < 4.78 is 0. The van der Waals surface area contributed by atoms with Crippen molar-refractivity contribution in [3.8, 4) is 0 Å². The molecular weight excluding hydrogens is 466 g/mol. The van der Waals surface area contributed by atoms with Gasteiger partial charge in [0.2, 0.25) is 11.8 Å². The van der Waals surface area contributed by atoms with Gasteiger partial charge < -0.3 is 9.80 Å². The maximum atomic E-state index is 13.4. The molecule has 1 saturated heterocycles. The zero-order chi connectivity index (χ0) is 23.5. The maximum absolute atomic E-state index is 13.4. The highest BCUT2D eigenvalue weighted by molar-refractivity contribution is 7.10. The molecule has 1 aromatic heterocycles. The third-order valence-electron chi connectivity index (χ3n) is 7.70. The van der Waals surface area contributed by atoms with E-state index in [1.165, 1.54) is 35.3 Å². The topological polar surface area (TPSA) is 43.9 Å². The molecule has 0 radical (unpaired) electrons. The Morgan fingerprint density at radius 3 is 2.41 bits per heavy atom. The Kier molecular flexibility index (Phi) is 7.57. The van der Waals surface area contributed by atoms with Gasteiger partial charge in [0.1, 0.15) is 0 Å². The summed E-state index contributed by atoms with van der Waals surface area (Å²) in [6.45, 7) is 4.08. The molecule has 3 heterocycles. The first-order valence-corrected chi connectivity index (χ1v) is 14.0. The van der Waals surface area contributed by atoms with Crippen molar-refractivity contribution in [2.45, 2.75) is 51.0 Å². The molecular formula is C27H34ClN3O2S. The van der Waals surface area contributed by atoms with Crippen LogP contribution in [0.1, 0.15) is 60.6 Å². The smallest absolute Gasteiger partial charge is 0.236 e. The minimum Gasteiger partial charge on any atom is -0.341 e. The lowest BCUT2D eigenvalue weighted by molar-refractivity contribution is -0.137. The Hall–Kier alpha value is -1.89. The van der Waals surface area contributed by atoms with Crippen LogP contribution >= 0.6 is 22.9 Å². The van der Waals surface area contributed by atoms with E-state index in [0.29, 0.717) is 25.5 Å². The van der Waals surface area contributed by atoms with Gasteiger partial charge in [0.15, 0.2) is 0 Å². The number of nitrogens with zero attached hydrogens (tertiary/aromatic N) is 3. The van der Waals surface area contributed by atoms with Crippen LogP contribution in [-0.2, 0) is 16.0 Å². The molecule has 1 saturated carbocycles. The third kappa shape index (κ3) is 5.19. The molecule has 34 heavy (non-hydrogen) atoms. The number of rotatable bonds is 4. The average molecular weight is 500 g/mol. The van der Waals surface area contributed by atoms with Crippen molar-refractivity contribution in [1.82, 2.24) is 14.7 Å². The molecule has 0 unspecified atom stereocenters. The van der Waals surface area contributed by atoms with Gasteiger partial charge in [-0.2, -0.15) is 0 Å². The lowest BCUT2D eigenvalue weighted by Gasteiger charge is -2.37.